The van der Waals surface area contributed by atoms with Crippen molar-refractivity contribution in [3.63, 3.8) is 0 Å². The largest absolute Gasteiger partial charge is 0.351 e. The standard InChI is InChI=1S/C16H23N3O2/c1-10-4-3-5-14(11(10)2)19-15(20)12-6-8-13(9-7-12)18-16(17)21/h6-11,14H,3-5H2,1-2H3,(H,19,20)(H3,17,18,21)/t10-,11+,14-/m1/s1. The van der Waals surface area contributed by atoms with Crippen LogP contribution in [0.5, 0.6) is 0 Å². The summed E-state index contributed by atoms with van der Waals surface area (Å²) in [6, 6.07) is 6.36. The number of urea groups is 1. The summed E-state index contributed by atoms with van der Waals surface area (Å²) in [5.41, 5.74) is 6.22. The lowest BCUT2D eigenvalue weighted by atomic mass is 9.78. The number of benzene rings is 1. The monoisotopic (exact) mass is 289 g/mol. The molecule has 0 unspecified atom stereocenters. The molecule has 1 aromatic carbocycles. The van der Waals surface area contributed by atoms with E-state index >= 15 is 0 Å². The molecule has 3 atom stereocenters. The summed E-state index contributed by atoms with van der Waals surface area (Å²) in [4.78, 5) is 23.0. The van der Waals surface area contributed by atoms with Gasteiger partial charge in [0.05, 0.1) is 0 Å². The second-order valence-corrected chi connectivity index (χ2v) is 5.91. The highest BCUT2D eigenvalue weighted by Crippen LogP contribution is 2.29. The van der Waals surface area contributed by atoms with Crippen LogP contribution < -0.4 is 16.4 Å². The van der Waals surface area contributed by atoms with Gasteiger partial charge in [0.15, 0.2) is 0 Å². The van der Waals surface area contributed by atoms with Crippen molar-refractivity contribution < 1.29 is 9.59 Å². The third kappa shape index (κ3) is 3.97. The van der Waals surface area contributed by atoms with Crippen LogP contribution >= 0.6 is 0 Å². The lowest BCUT2D eigenvalue weighted by molar-refractivity contribution is 0.0891. The molecule has 0 bridgehead atoms. The molecule has 1 fully saturated rings. The minimum Gasteiger partial charge on any atom is -0.351 e. The molecule has 3 amide bonds. The van der Waals surface area contributed by atoms with Gasteiger partial charge in [-0.2, -0.15) is 0 Å². The average molecular weight is 289 g/mol. The Labute approximate surface area is 125 Å². The summed E-state index contributed by atoms with van der Waals surface area (Å²) < 4.78 is 0. The lowest BCUT2D eigenvalue weighted by Gasteiger charge is -2.34. The Balaban J connectivity index is 1.98. The Bertz CT molecular complexity index is 513. The second kappa shape index (κ2) is 6.61. The van der Waals surface area contributed by atoms with Crippen LogP contribution in [0.15, 0.2) is 24.3 Å². The molecule has 5 nitrogen and oxygen atoms in total. The van der Waals surface area contributed by atoms with Crippen LogP contribution in [0.4, 0.5) is 10.5 Å². The fourth-order valence-electron chi connectivity index (χ4n) is 2.88. The molecule has 1 aliphatic carbocycles. The molecule has 0 radical (unpaired) electrons. The van der Waals surface area contributed by atoms with E-state index in [0.717, 1.165) is 12.8 Å². The molecule has 0 saturated heterocycles. The van der Waals surface area contributed by atoms with Crippen molar-refractivity contribution in [2.45, 2.75) is 39.2 Å². The van der Waals surface area contributed by atoms with Crippen LogP contribution in [-0.4, -0.2) is 18.0 Å². The summed E-state index contributed by atoms with van der Waals surface area (Å²) in [7, 11) is 0. The van der Waals surface area contributed by atoms with Crippen LogP contribution in [0, 0.1) is 11.8 Å². The molecule has 2 rings (SSSR count). The van der Waals surface area contributed by atoms with Crippen molar-refractivity contribution in [3.8, 4) is 0 Å². The maximum atomic E-state index is 12.3. The van der Waals surface area contributed by atoms with E-state index in [1.807, 2.05) is 0 Å². The van der Waals surface area contributed by atoms with Crippen LogP contribution in [0.3, 0.4) is 0 Å². The molecule has 1 saturated carbocycles. The fourth-order valence-corrected chi connectivity index (χ4v) is 2.88. The van der Waals surface area contributed by atoms with Crippen molar-refractivity contribution in [1.82, 2.24) is 5.32 Å². The highest BCUT2D eigenvalue weighted by atomic mass is 16.2. The highest BCUT2D eigenvalue weighted by Gasteiger charge is 2.28. The van der Waals surface area contributed by atoms with Crippen molar-refractivity contribution in [2.75, 3.05) is 5.32 Å². The second-order valence-electron chi connectivity index (χ2n) is 5.91. The van der Waals surface area contributed by atoms with E-state index in [0.29, 0.717) is 23.1 Å². The zero-order valence-electron chi connectivity index (χ0n) is 12.6. The van der Waals surface area contributed by atoms with Crippen LogP contribution in [0.25, 0.3) is 0 Å². The SMILES string of the molecule is C[C@H]1[C@H](C)CCC[C@H]1NC(=O)c1ccc(NC(N)=O)cc1. The first-order valence-corrected chi connectivity index (χ1v) is 7.44. The van der Waals surface area contributed by atoms with E-state index in [9.17, 15) is 9.59 Å². The topological polar surface area (TPSA) is 84.2 Å². The Morgan fingerprint density at radius 2 is 1.81 bits per heavy atom. The predicted molar refractivity (Wildman–Crippen MR) is 83.1 cm³/mol. The molecule has 0 aromatic heterocycles. The number of carbonyl (C=O) groups excluding carboxylic acids is 2. The third-order valence-corrected chi connectivity index (χ3v) is 4.44. The third-order valence-electron chi connectivity index (χ3n) is 4.44. The van der Waals surface area contributed by atoms with Gasteiger partial charge < -0.3 is 16.4 Å². The van der Waals surface area contributed by atoms with Gasteiger partial charge in [-0.1, -0.05) is 26.7 Å². The van der Waals surface area contributed by atoms with E-state index in [-0.39, 0.29) is 11.9 Å². The Morgan fingerprint density at radius 3 is 2.43 bits per heavy atom. The Hall–Kier alpha value is -2.04. The fraction of sp³-hybridized carbons (Fsp3) is 0.500. The number of nitrogens with two attached hydrogens (primary N) is 1. The van der Waals surface area contributed by atoms with Crippen LogP contribution in [0.2, 0.25) is 0 Å². The zero-order valence-corrected chi connectivity index (χ0v) is 12.6. The average Bonchev–Trinajstić information content (AvgIpc) is 2.44. The van der Waals surface area contributed by atoms with Gasteiger partial charge in [-0.25, -0.2) is 4.79 Å². The van der Waals surface area contributed by atoms with Gasteiger partial charge in [0.2, 0.25) is 0 Å². The van der Waals surface area contributed by atoms with E-state index in [1.54, 1.807) is 24.3 Å². The van der Waals surface area contributed by atoms with Crippen molar-refractivity contribution >= 4 is 17.6 Å². The first-order chi connectivity index (χ1) is 9.97. The van der Waals surface area contributed by atoms with Gasteiger partial charge in [-0.15, -0.1) is 0 Å². The van der Waals surface area contributed by atoms with E-state index < -0.39 is 6.03 Å². The number of carbonyl (C=O) groups is 2. The van der Waals surface area contributed by atoms with Gasteiger partial charge in [-0.3, -0.25) is 4.79 Å². The smallest absolute Gasteiger partial charge is 0.316 e. The molecule has 21 heavy (non-hydrogen) atoms. The molecular weight excluding hydrogens is 266 g/mol. The molecule has 1 aliphatic rings. The van der Waals surface area contributed by atoms with E-state index in [2.05, 4.69) is 24.5 Å². The number of primary amides is 1. The van der Waals surface area contributed by atoms with Gasteiger partial charge >= 0.3 is 6.03 Å². The normalized spacial score (nSPS) is 25.1. The van der Waals surface area contributed by atoms with Gasteiger partial charge in [0.1, 0.15) is 0 Å². The maximum Gasteiger partial charge on any atom is 0.316 e. The summed E-state index contributed by atoms with van der Waals surface area (Å²) >= 11 is 0. The Morgan fingerprint density at radius 1 is 1.14 bits per heavy atom. The maximum absolute atomic E-state index is 12.3. The minimum atomic E-state index is -0.614. The van der Waals surface area contributed by atoms with Crippen molar-refractivity contribution in [3.05, 3.63) is 29.8 Å². The minimum absolute atomic E-state index is 0.0634. The van der Waals surface area contributed by atoms with E-state index in [4.69, 9.17) is 5.73 Å². The molecule has 0 spiro atoms. The summed E-state index contributed by atoms with van der Waals surface area (Å²) in [5.74, 6) is 1.08. The van der Waals surface area contributed by atoms with Gasteiger partial charge in [0, 0.05) is 17.3 Å². The molecule has 1 aromatic rings. The number of hydrogen-bond acceptors (Lipinski definition) is 2. The number of rotatable bonds is 3. The summed E-state index contributed by atoms with van der Waals surface area (Å²) in [5, 5.41) is 5.60. The van der Waals surface area contributed by atoms with E-state index in [1.165, 1.54) is 6.42 Å². The summed E-state index contributed by atoms with van der Waals surface area (Å²) in [6.07, 6.45) is 3.44. The predicted octanol–water partition coefficient (Wildman–Crippen LogP) is 2.73. The molecular formula is C16H23N3O2. The highest BCUT2D eigenvalue weighted by molar-refractivity contribution is 5.95. The molecule has 4 N–H and O–H groups in total. The summed E-state index contributed by atoms with van der Waals surface area (Å²) in [6.45, 7) is 4.45. The first kappa shape index (κ1) is 15.4. The molecule has 0 aliphatic heterocycles. The number of amides is 3. The lowest BCUT2D eigenvalue weighted by Crippen LogP contribution is -2.43. The molecule has 5 heteroatoms. The van der Waals surface area contributed by atoms with Gasteiger partial charge in [-0.05, 0) is 42.5 Å². The molecule has 0 heterocycles. The number of anilines is 1. The Kier molecular flexibility index (Phi) is 4.83. The van der Waals surface area contributed by atoms with Gasteiger partial charge in [0.25, 0.3) is 5.91 Å². The van der Waals surface area contributed by atoms with Crippen molar-refractivity contribution in [1.29, 1.82) is 0 Å². The first-order valence-electron chi connectivity index (χ1n) is 7.44. The van der Waals surface area contributed by atoms with Crippen LogP contribution in [0.1, 0.15) is 43.5 Å². The zero-order chi connectivity index (χ0) is 15.4. The van der Waals surface area contributed by atoms with Crippen LogP contribution in [-0.2, 0) is 0 Å². The van der Waals surface area contributed by atoms with Crippen molar-refractivity contribution in [2.24, 2.45) is 17.6 Å². The number of hydrogen-bond donors (Lipinski definition) is 3. The number of nitrogens with one attached hydrogen (secondary N) is 2. The molecule has 114 valence electrons. The quantitative estimate of drug-likeness (QED) is 0.799.